The molecule has 5 nitrogen and oxygen atoms in total. The monoisotopic (exact) mass is 372 g/mol. The summed E-state index contributed by atoms with van der Waals surface area (Å²) in [4.78, 5) is 25.0. The maximum Gasteiger partial charge on any atom is 0.262 e. The molecule has 2 heterocycles. The number of rotatable bonds is 1. The number of benzene rings is 2. The van der Waals surface area contributed by atoms with Crippen molar-refractivity contribution >= 4 is 39.1 Å². The molecule has 23 heavy (non-hydrogen) atoms. The number of nitrogens with one attached hydrogen (secondary N) is 2. The molecule has 2 aromatic carbocycles. The molecule has 0 aliphatic carbocycles. The third kappa shape index (κ3) is 1.88. The van der Waals surface area contributed by atoms with E-state index in [4.69, 9.17) is 0 Å². The Hall–Kier alpha value is -2.18. The Kier molecular flexibility index (Phi) is 2.92. The van der Waals surface area contributed by atoms with Crippen molar-refractivity contribution in [3.05, 3.63) is 57.6 Å². The van der Waals surface area contributed by atoms with E-state index in [0.29, 0.717) is 22.5 Å². The zero-order valence-electron chi connectivity index (χ0n) is 12.2. The first-order valence-corrected chi connectivity index (χ1v) is 7.96. The molecule has 0 radical (unpaired) electrons. The van der Waals surface area contributed by atoms with Crippen LogP contribution in [0, 0.1) is 6.92 Å². The van der Waals surface area contributed by atoms with Crippen LogP contribution < -0.4 is 10.6 Å². The Morgan fingerprint density at radius 1 is 1.09 bits per heavy atom. The minimum absolute atomic E-state index is 0.384. The quantitative estimate of drug-likeness (QED) is 0.719. The standard InChI is InChI=1S/C17H13BrN2O3/c1-8-2-4-13-11(6-8)17(23,16(22)20-13)14-10-7-9(18)3-5-12(10)19-15(14)21/h2-7,14,23H,1H3,(H,19,21)(H,20,22)/t14-,17+/m1/s1. The minimum Gasteiger partial charge on any atom is -0.374 e. The predicted octanol–water partition coefficient (Wildman–Crippen LogP) is 2.63. The smallest absolute Gasteiger partial charge is 0.262 e. The number of halogens is 1. The molecule has 2 amide bonds. The number of carbonyl (C=O) groups is 2. The average molecular weight is 373 g/mol. The van der Waals surface area contributed by atoms with E-state index in [9.17, 15) is 14.7 Å². The van der Waals surface area contributed by atoms with Crippen molar-refractivity contribution in [2.75, 3.05) is 10.6 Å². The molecular weight excluding hydrogens is 360 g/mol. The van der Waals surface area contributed by atoms with E-state index < -0.39 is 17.4 Å². The number of aryl methyl sites for hydroxylation is 1. The molecule has 0 saturated carbocycles. The minimum atomic E-state index is -1.92. The van der Waals surface area contributed by atoms with Crippen LogP contribution in [0.5, 0.6) is 0 Å². The second-order valence-corrected chi connectivity index (χ2v) is 6.84. The van der Waals surface area contributed by atoms with Gasteiger partial charge < -0.3 is 15.7 Å². The summed E-state index contributed by atoms with van der Waals surface area (Å²) in [6.45, 7) is 1.88. The summed E-state index contributed by atoms with van der Waals surface area (Å²) in [7, 11) is 0. The first-order valence-electron chi connectivity index (χ1n) is 7.16. The van der Waals surface area contributed by atoms with Gasteiger partial charge in [-0.2, -0.15) is 0 Å². The zero-order chi connectivity index (χ0) is 16.4. The van der Waals surface area contributed by atoms with Crippen LogP contribution in [0.15, 0.2) is 40.9 Å². The molecule has 4 rings (SSSR count). The van der Waals surface area contributed by atoms with E-state index in [1.54, 1.807) is 30.3 Å². The second-order valence-electron chi connectivity index (χ2n) is 5.92. The highest BCUT2D eigenvalue weighted by Gasteiger charge is 2.57. The van der Waals surface area contributed by atoms with Crippen molar-refractivity contribution in [1.29, 1.82) is 0 Å². The molecule has 2 aliphatic rings. The van der Waals surface area contributed by atoms with Crippen molar-refractivity contribution in [1.82, 2.24) is 0 Å². The largest absolute Gasteiger partial charge is 0.374 e. The van der Waals surface area contributed by atoms with Gasteiger partial charge in [0.25, 0.3) is 5.91 Å². The van der Waals surface area contributed by atoms with E-state index in [1.807, 2.05) is 13.0 Å². The lowest BCUT2D eigenvalue weighted by Crippen LogP contribution is -2.43. The third-order valence-electron chi connectivity index (χ3n) is 4.44. The van der Waals surface area contributed by atoms with Gasteiger partial charge in [-0.15, -0.1) is 0 Å². The van der Waals surface area contributed by atoms with Crippen LogP contribution in [0.4, 0.5) is 11.4 Å². The molecule has 116 valence electrons. The highest BCUT2D eigenvalue weighted by Crippen LogP contribution is 2.50. The Labute approximate surface area is 140 Å². The molecule has 0 fully saturated rings. The Balaban J connectivity index is 1.95. The summed E-state index contributed by atoms with van der Waals surface area (Å²) in [6, 6.07) is 10.7. The second kappa shape index (κ2) is 4.66. The normalized spacial score (nSPS) is 24.9. The highest BCUT2D eigenvalue weighted by atomic mass is 79.9. The van der Waals surface area contributed by atoms with Crippen molar-refractivity contribution in [3.8, 4) is 0 Å². The van der Waals surface area contributed by atoms with Gasteiger partial charge in [0, 0.05) is 21.4 Å². The van der Waals surface area contributed by atoms with Crippen LogP contribution in [0.1, 0.15) is 22.6 Å². The van der Waals surface area contributed by atoms with Gasteiger partial charge in [-0.05, 0) is 36.8 Å². The van der Waals surface area contributed by atoms with Crippen LogP contribution in [0.3, 0.4) is 0 Å². The fourth-order valence-corrected chi connectivity index (χ4v) is 3.73. The van der Waals surface area contributed by atoms with Gasteiger partial charge in [0.2, 0.25) is 5.91 Å². The fourth-order valence-electron chi connectivity index (χ4n) is 3.36. The molecule has 0 unspecified atom stereocenters. The van der Waals surface area contributed by atoms with E-state index in [1.165, 1.54) is 0 Å². The van der Waals surface area contributed by atoms with E-state index >= 15 is 0 Å². The number of anilines is 2. The van der Waals surface area contributed by atoms with E-state index in [2.05, 4.69) is 26.6 Å². The van der Waals surface area contributed by atoms with Crippen molar-refractivity contribution < 1.29 is 14.7 Å². The van der Waals surface area contributed by atoms with Crippen molar-refractivity contribution in [3.63, 3.8) is 0 Å². The lowest BCUT2D eigenvalue weighted by molar-refractivity contribution is -0.141. The molecule has 0 bridgehead atoms. The number of aliphatic hydroxyl groups is 1. The summed E-state index contributed by atoms with van der Waals surface area (Å²) < 4.78 is 0.782. The Morgan fingerprint density at radius 2 is 1.83 bits per heavy atom. The first kappa shape index (κ1) is 14.4. The van der Waals surface area contributed by atoms with Crippen LogP contribution in [-0.2, 0) is 15.2 Å². The van der Waals surface area contributed by atoms with Gasteiger partial charge in [-0.3, -0.25) is 9.59 Å². The van der Waals surface area contributed by atoms with Gasteiger partial charge in [0.05, 0.1) is 0 Å². The Bertz CT molecular complexity index is 880. The molecule has 3 N–H and O–H groups in total. The summed E-state index contributed by atoms with van der Waals surface area (Å²) in [5.41, 5.74) is 1.19. The maximum atomic E-state index is 12.5. The number of carbonyl (C=O) groups excluding carboxylic acids is 2. The van der Waals surface area contributed by atoms with Gasteiger partial charge >= 0.3 is 0 Å². The number of hydrogen-bond acceptors (Lipinski definition) is 3. The molecule has 0 aromatic heterocycles. The lowest BCUT2D eigenvalue weighted by atomic mass is 9.78. The van der Waals surface area contributed by atoms with E-state index in [-0.39, 0.29) is 5.91 Å². The Morgan fingerprint density at radius 3 is 2.61 bits per heavy atom. The van der Waals surface area contributed by atoms with Crippen LogP contribution in [0.25, 0.3) is 0 Å². The molecule has 0 saturated heterocycles. The van der Waals surface area contributed by atoms with Crippen LogP contribution >= 0.6 is 15.9 Å². The van der Waals surface area contributed by atoms with Crippen LogP contribution in [-0.4, -0.2) is 16.9 Å². The number of amides is 2. The molecule has 6 heteroatoms. The number of fused-ring (bicyclic) bond motifs is 2. The van der Waals surface area contributed by atoms with Gasteiger partial charge in [-0.1, -0.05) is 33.6 Å². The number of hydrogen-bond donors (Lipinski definition) is 3. The fraction of sp³-hybridized carbons (Fsp3) is 0.176. The summed E-state index contributed by atoms with van der Waals surface area (Å²) in [5, 5.41) is 16.7. The van der Waals surface area contributed by atoms with Crippen molar-refractivity contribution in [2.45, 2.75) is 18.4 Å². The summed E-state index contributed by atoms with van der Waals surface area (Å²) in [6.07, 6.45) is 0. The molecule has 0 spiro atoms. The summed E-state index contributed by atoms with van der Waals surface area (Å²) >= 11 is 3.38. The molecule has 2 aromatic rings. The highest BCUT2D eigenvalue weighted by molar-refractivity contribution is 9.10. The SMILES string of the molecule is Cc1ccc2c(c1)[C@](O)([C@H]1C(=O)Nc3ccc(Br)cc31)C(=O)N2. The summed E-state index contributed by atoms with van der Waals surface area (Å²) in [5.74, 6) is -1.95. The third-order valence-corrected chi connectivity index (χ3v) is 4.94. The van der Waals surface area contributed by atoms with Gasteiger partial charge in [-0.25, -0.2) is 0 Å². The average Bonchev–Trinajstić information content (AvgIpc) is 2.95. The molecule has 2 aliphatic heterocycles. The van der Waals surface area contributed by atoms with E-state index in [0.717, 1.165) is 10.0 Å². The maximum absolute atomic E-state index is 12.5. The zero-order valence-corrected chi connectivity index (χ0v) is 13.8. The van der Waals surface area contributed by atoms with Gasteiger partial charge in [0.1, 0.15) is 5.92 Å². The predicted molar refractivity (Wildman–Crippen MR) is 89.2 cm³/mol. The van der Waals surface area contributed by atoms with Crippen molar-refractivity contribution in [2.24, 2.45) is 0 Å². The van der Waals surface area contributed by atoms with Gasteiger partial charge in [0.15, 0.2) is 5.60 Å². The lowest BCUT2D eigenvalue weighted by Gasteiger charge is -2.27. The topological polar surface area (TPSA) is 78.4 Å². The first-order chi connectivity index (χ1) is 10.9. The van der Waals surface area contributed by atoms with Crippen LogP contribution in [0.2, 0.25) is 0 Å². The molecule has 2 atom stereocenters. The molecular formula is C17H13BrN2O3.